The highest BCUT2D eigenvalue weighted by atomic mass is 35.5. The zero-order chi connectivity index (χ0) is 10.4. The third-order valence-corrected chi connectivity index (χ3v) is 2.73. The van der Waals surface area contributed by atoms with Crippen molar-refractivity contribution in [2.45, 2.75) is 13.5 Å². The van der Waals surface area contributed by atoms with Crippen LogP contribution in [-0.4, -0.2) is 12.4 Å². The Hall–Kier alpha value is -0.180. The van der Waals surface area contributed by atoms with Crippen molar-refractivity contribution in [3.63, 3.8) is 0 Å². The Labute approximate surface area is 95.8 Å². The lowest BCUT2D eigenvalue weighted by molar-refractivity contribution is 0.0983. The molecule has 0 fully saturated rings. The molecule has 0 aromatic heterocycles. The van der Waals surface area contributed by atoms with Gasteiger partial charge in [0.15, 0.2) is 0 Å². The van der Waals surface area contributed by atoms with Gasteiger partial charge in [0.1, 0.15) is 0 Å². The van der Waals surface area contributed by atoms with E-state index in [1.54, 1.807) is 0 Å². The number of thiol groups is 1. The highest BCUT2D eigenvalue weighted by Crippen LogP contribution is 2.11. The van der Waals surface area contributed by atoms with Gasteiger partial charge >= 0.3 is 0 Å². The van der Waals surface area contributed by atoms with Crippen molar-refractivity contribution in [3.05, 3.63) is 34.9 Å². The molecule has 1 nitrogen and oxygen atoms in total. The van der Waals surface area contributed by atoms with Gasteiger partial charge in [-0.05, 0) is 29.4 Å². The summed E-state index contributed by atoms with van der Waals surface area (Å²) in [5.41, 5.74) is 1.11. The van der Waals surface area contributed by atoms with Crippen LogP contribution >= 0.6 is 24.2 Å². The number of rotatable bonds is 5. The first-order chi connectivity index (χ1) is 6.72. The summed E-state index contributed by atoms with van der Waals surface area (Å²) >= 11 is 10.0. The smallest absolute Gasteiger partial charge is 0.0717 e. The van der Waals surface area contributed by atoms with E-state index >= 15 is 0 Å². The second-order valence-corrected chi connectivity index (χ2v) is 4.23. The van der Waals surface area contributed by atoms with Crippen LogP contribution in [0.3, 0.4) is 0 Å². The Bertz CT molecular complexity index is 278. The van der Waals surface area contributed by atoms with E-state index in [4.69, 9.17) is 16.3 Å². The van der Waals surface area contributed by atoms with Gasteiger partial charge in [-0.15, -0.1) is 0 Å². The first kappa shape index (κ1) is 11.9. The molecular formula is C11H15ClOS. The highest BCUT2D eigenvalue weighted by molar-refractivity contribution is 7.80. The van der Waals surface area contributed by atoms with Crippen molar-refractivity contribution in [1.29, 1.82) is 0 Å². The van der Waals surface area contributed by atoms with Gasteiger partial charge in [-0.25, -0.2) is 0 Å². The third kappa shape index (κ3) is 4.36. The average Bonchev–Trinajstić information content (AvgIpc) is 2.17. The molecule has 0 N–H and O–H groups in total. The molecule has 1 atom stereocenters. The lowest BCUT2D eigenvalue weighted by Crippen LogP contribution is -2.07. The van der Waals surface area contributed by atoms with Crippen molar-refractivity contribution in [3.8, 4) is 0 Å². The van der Waals surface area contributed by atoms with Gasteiger partial charge in [-0.3, -0.25) is 0 Å². The molecule has 0 aliphatic carbocycles. The Morgan fingerprint density at radius 2 is 2.29 bits per heavy atom. The van der Waals surface area contributed by atoms with Gasteiger partial charge in [-0.2, -0.15) is 12.6 Å². The first-order valence-corrected chi connectivity index (χ1v) is 5.66. The molecule has 0 amide bonds. The number of halogens is 1. The molecule has 0 saturated carbocycles. The summed E-state index contributed by atoms with van der Waals surface area (Å²) in [5.74, 6) is 1.35. The van der Waals surface area contributed by atoms with Gasteiger partial charge in [0.25, 0.3) is 0 Å². The van der Waals surface area contributed by atoms with Crippen molar-refractivity contribution < 1.29 is 4.74 Å². The molecule has 0 bridgehead atoms. The minimum Gasteiger partial charge on any atom is -0.376 e. The molecule has 14 heavy (non-hydrogen) atoms. The maximum absolute atomic E-state index is 5.85. The maximum Gasteiger partial charge on any atom is 0.0717 e. The van der Waals surface area contributed by atoms with E-state index in [2.05, 4.69) is 19.6 Å². The fraction of sp³-hybridized carbons (Fsp3) is 0.455. The monoisotopic (exact) mass is 230 g/mol. The van der Waals surface area contributed by atoms with Gasteiger partial charge in [0, 0.05) is 5.02 Å². The molecule has 3 heteroatoms. The molecular weight excluding hydrogens is 216 g/mol. The standard InChI is InChI=1S/C11H15ClOS/c1-9(8-14)6-13-7-10-3-2-4-11(12)5-10/h2-5,9,14H,6-8H2,1H3. The zero-order valence-corrected chi connectivity index (χ0v) is 9.89. The van der Waals surface area contributed by atoms with E-state index < -0.39 is 0 Å². The molecule has 0 spiro atoms. The summed E-state index contributed by atoms with van der Waals surface area (Å²) in [6, 6.07) is 7.73. The lowest BCUT2D eigenvalue weighted by atomic mass is 10.2. The summed E-state index contributed by atoms with van der Waals surface area (Å²) in [5, 5.41) is 0.758. The summed E-state index contributed by atoms with van der Waals surface area (Å²) < 4.78 is 5.52. The van der Waals surface area contributed by atoms with Crippen molar-refractivity contribution >= 4 is 24.2 Å². The second-order valence-electron chi connectivity index (χ2n) is 3.43. The Morgan fingerprint density at radius 3 is 2.93 bits per heavy atom. The van der Waals surface area contributed by atoms with Crippen molar-refractivity contribution in [2.24, 2.45) is 5.92 Å². The topological polar surface area (TPSA) is 9.23 Å². The Morgan fingerprint density at radius 1 is 1.50 bits per heavy atom. The van der Waals surface area contributed by atoms with Crippen LogP contribution in [0, 0.1) is 5.92 Å². The van der Waals surface area contributed by atoms with Crippen LogP contribution in [0.25, 0.3) is 0 Å². The number of ether oxygens (including phenoxy) is 1. The molecule has 1 rings (SSSR count). The van der Waals surface area contributed by atoms with E-state index in [1.165, 1.54) is 0 Å². The highest BCUT2D eigenvalue weighted by Gasteiger charge is 1.99. The molecule has 0 radical (unpaired) electrons. The largest absolute Gasteiger partial charge is 0.376 e. The van der Waals surface area contributed by atoms with Gasteiger partial charge < -0.3 is 4.74 Å². The number of hydrogen-bond donors (Lipinski definition) is 1. The Kier molecular flexibility index (Phi) is 5.38. The van der Waals surface area contributed by atoms with E-state index in [-0.39, 0.29) is 0 Å². The summed E-state index contributed by atoms with van der Waals surface area (Å²) in [6.07, 6.45) is 0. The molecule has 78 valence electrons. The van der Waals surface area contributed by atoms with Crippen molar-refractivity contribution in [2.75, 3.05) is 12.4 Å². The maximum atomic E-state index is 5.85. The zero-order valence-electron chi connectivity index (χ0n) is 8.24. The summed E-state index contributed by atoms with van der Waals surface area (Å²) in [7, 11) is 0. The van der Waals surface area contributed by atoms with Gasteiger partial charge in [0.05, 0.1) is 13.2 Å². The third-order valence-electron chi connectivity index (χ3n) is 1.87. The minimum absolute atomic E-state index is 0.498. The van der Waals surface area contributed by atoms with E-state index in [9.17, 15) is 0 Å². The summed E-state index contributed by atoms with van der Waals surface area (Å²) in [6.45, 7) is 3.49. The normalized spacial score (nSPS) is 12.8. The van der Waals surface area contributed by atoms with Gasteiger partial charge in [-0.1, -0.05) is 30.7 Å². The van der Waals surface area contributed by atoms with Crippen LogP contribution in [0.1, 0.15) is 12.5 Å². The summed E-state index contributed by atoms with van der Waals surface area (Å²) in [4.78, 5) is 0. The Balaban J connectivity index is 2.31. The predicted molar refractivity (Wildman–Crippen MR) is 64.1 cm³/mol. The SMILES string of the molecule is CC(CS)COCc1cccc(Cl)c1. The fourth-order valence-corrected chi connectivity index (χ4v) is 1.38. The van der Waals surface area contributed by atoms with Crippen LogP contribution in [-0.2, 0) is 11.3 Å². The molecule has 0 aliphatic heterocycles. The first-order valence-electron chi connectivity index (χ1n) is 4.65. The molecule has 1 aromatic carbocycles. The van der Waals surface area contributed by atoms with Crippen LogP contribution in [0.15, 0.2) is 24.3 Å². The average molecular weight is 231 g/mol. The van der Waals surface area contributed by atoms with E-state index in [0.717, 1.165) is 22.9 Å². The molecule has 0 heterocycles. The quantitative estimate of drug-likeness (QED) is 0.763. The fourth-order valence-electron chi connectivity index (χ4n) is 1.06. The van der Waals surface area contributed by atoms with Crippen molar-refractivity contribution in [1.82, 2.24) is 0 Å². The van der Waals surface area contributed by atoms with E-state index in [0.29, 0.717) is 12.5 Å². The minimum atomic E-state index is 0.498. The molecule has 0 saturated heterocycles. The molecule has 1 unspecified atom stereocenters. The van der Waals surface area contributed by atoms with Crippen LogP contribution < -0.4 is 0 Å². The molecule has 1 aromatic rings. The number of benzene rings is 1. The lowest BCUT2D eigenvalue weighted by Gasteiger charge is -2.08. The second kappa shape index (κ2) is 6.33. The van der Waals surface area contributed by atoms with Gasteiger partial charge in [0.2, 0.25) is 0 Å². The predicted octanol–water partition coefficient (Wildman–Crippen LogP) is 3.42. The van der Waals surface area contributed by atoms with Crippen LogP contribution in [0.5, 0.6) is 0 Å². The van der Waals surface area contributed by atoms with Crippen LogP contribution in [0.4, 0.5) is 0 Å². The molecule has 0 aliphatic rings. The van der Waals surface area contributed by atoms with E-state index in [1.807, 2.05) is 24.3 Å². The number of hydrogen-bond acceptors (Lipinski definition) is 2. The van der Waals surface area contributed by atoms with Crippen LogP contribution in [0.2, 0.25) is 5.02 Å².